The van der Waals surface area contributed by atoms with Crippen molar-refractivity contribution < 1.29 is 9.59 Å². The molecule has 2 aromatic carbocycles. The van der Waals surface area contributed by atoms with Crippen LogP contribution in [-0.2, 0) is 0 Å². The zero-order chi connectivity index (χ0) is 19.3. The van der Waals surface area contributed by atoms with Gasteiger partial charge in [0.15, 0.2) is 5.78 Å². The van der Waals surface area contributed by atoms with E-state index < -0.39 is 0 Å². The summed E-state index contributed by atoms with van der Waals surface area (Å²) in [6, 6.07) is 14.3. The number of carbonyl (C=O) groups excluding carboxylic acids is 2. The van der Waals surface area contributed by atoms with Crippen molar-refractivity contribution in [2.24, 2.45) is 0 Å². The van der Waals surface area contributed by atoms with Crippen LogP contribution in [0.2, 0.25) is 0 Å². The maximum Gasteiger partial charge on any atom is 0.251 e. The fourth-order valence-corrected chi connectivity index (χ4v) is 3.28. The van der Waals surface area contributed by atoms with Gasteiger partial charge in [0.25, 0.3) is 5.91 Å². The Bertz CT molecular complexity index is 1300. The van der Waals surface area contributed by atoms with Gasteiger partial charge in [-0.3, -0.25) is 9.59 Å². The maximum absolute atomic E-state index is 12.9. The smallest absolute Gasteiger partial charge is 0.251 e. The van der Waals surface area contributed by atoms with Gasteiger partial charge in [0, 0.05) is 17.2 Å². The Balaban J connectivity index is 1.57. The average Bonchev–Trinajstić information content (AvgIpc) is 3.32. The number of aromatic nitrogens is 3. The summed E-state index contributed by atoms with van der Waals surface area (Å²) in [5.74, 6) is -0.319. The van der Waals surface area contributed by atoms with Gasteiger partial charge in [0.2, 0.25) is 0 Å². The molecule has 2 heterocycles. The van der Waals surface area contributed by atoms with E-state index in [4.69, 9.17) is 5.26 Å². The summed E-state index contributed by atoms with van der Waals surface area (Å²) in [5.41, 5.74) is 3.89. The molecule has 1 saturated carbocycles. The highest BCUT2D eigenvalue weighted by Crippen LogP contribution is 2.24. The summed E-state index contributed by atoms with van der Waals surface area (Å²) in [6.07, 6.45) is 3.56. The van der Waals surface area contributed by atoms with Crippen molar-refractivity contribution in [2.45, 2.75) is 18.9 Å². The first-order valence-corrected chi connectivity index (χ1v) is 8.99. The van der Waals surface area contributed by atoms with Gasteiger partial charge in [-0.15, -0.1) is 0 Å². The Labute approximate surface area is 159 Å². The van der Waals surface area contributed by atoms with E-state index in [1.807, 2.05) is 12.1 Å². The van der Waals surface area contributed by atoms with E-state index >= 15 is 0 Å². The number of ketones is 1. The summed E-state index contributed by atoms with van der Waals surface area (Å²) in [7, 11) is 0. The SMILES string of the molecule is N#Cc1cccc(C(=O)c2cnn3c2[nH]c2ccc(C(=O)NC4CC4)cc23)c1. The predicted octanol–water partition coefficient (Wildman–Crippen LogP) is 2.81. The summed E-state index contributed by atoms with van der Waals surface area (Å²) in [6.45, 7) is 0. The average molecular weight is 369 g/mol. The molecule has 0 saturated heterocycles. The van der Waals surface area contributed by atoms with Gasteiger partial charge in [-0.05, 0) is 43.2 Å². The molecular formula is C21H15N5O2. The number of fused-ring (bicyclic) bond motifs is 3. The molecule has 1 fully saturated rings. The van der Waals surface area contributed by atoms with Crippen LogP contribution in [0, 0.1) is 11.3 Å². The topological polar surface area (TPSA) is 103 Å². The lowest BCUT2D eigenvalue weighted by Crippen LogP contribution is -2.25. The van der Waals surface area contributed by atoms with Crippen LogP contribution in [0.25, 0.3) is 16.7 Å². The Morgan fingerprint density at radius 2 is 2.04 bits per heavy atom. The molecule has 0 radical (unpaired) electrons. The van der Waals surface area contributed by atoms with Crippen LogP contribution in [0.5, 0.6) is 0 Å². The fourth-order valence-electron chi connectivity index (χ4n) is 3.28. The minimum Gasteiger partial charge on any atom is -0.349 e. The number of nitrogens with zero attached hydrogens (tertiary/aromatic N) is 3. The lowest BCUT2D eigenvalue weighted by atomic mass is 10.0. The Morgan fingerprint density at radius 1 is 1.18 bits per heavy atom. The molecule has 4 aromatic rings. The highest BCUT2D eigenvalue weighted by Gasteiger charge is 2.24. The third-order valence-corrected chi connectivity index (χ3v) is 4.92. The largest absolute Gasteiger partial charge is 0.349 e. The highest BCUT2D eigenvalue weighted by molar-refractivity contribution is 6.13. The van der Waals surface area contributed by atoms with Gasteiger partial charge in [0.05, 0.1) is 34.4 Å². The molecule has 136 valence electrons. The Morgan fingerprint density at radius 3 is 2.82 bits per heavy atom. The summed E-state index contributed by atoms with van der Waals surface area (Å²) in [4.78, 5) is 28.5. The number of imidazole rings is 1. The molecule has 0 unspecified atom stereocenters. The minimum atomic E-state index is -0.217. The Hall–Kier alpha value is -3.92. The van der Waals surface area contributed by atoms with Crippen molar-refractivity contribution in [2.75, 3.05) is 0 Å². The number of H-pyrrole nitrogens is 1. The quantitative estimate of drug-likeness (QED) is 0.540. The number of amides is 1. The van der Waals surface area contributed by atoms with Gasteiger partial charge in [0.1, 0.15) is 5.65 Å². The maximum atomic E-state index is 12.9. The van der Waals surface area contributed by atoms with Crippen molar-refractivity contribution in [3.05, 3.63) is 70.9 Å². The molecule has 2 N–H and O–H groups in total. The van der Waals surface area contributed by atoms with Crippen LogP contribution in [-0.4, -0.2) is 32.3 Å². The lowest BCUT2D eigenvalue weighted by molar-refractivity contribution is 0.0950. The Kier molecular flexibility index (Phi) is 3.52. The number of hydrogen-bond acceptors (Lipinski definition) is 4. The van der Waals surface area contributed by atoms with Gasteiger partial charge < -0.3 is 10.3 Å². The van der Waals surface area contributed by atoms with Crippen LogP contribution in [0.4, 0.5) is 0 Å². The monoisotopic (exact) mass is 369 g/mol. The highest BCUT2D eigenvalue weighted by atomic mass is 16.1. The number of rotatable bonds is 4. The number of aromatic amines is 1. The minimum absolute atomic E-state index is 0.101. The molecular weight excluding hydrogens is 354 g/mol. The van der Waals surface area contributed by atoms with Crippen LogP contribution in [0.3, 0.4) is 0 Å². The molecule has 0 aliphatic heterocycles. The van der Waals surface area contributed by atoms with E-state index in [1.54, 1.807) is 40.9 Å². The van der Waals surface area contributed by atoms with E-state index in [2.05, 4.69) is 15.4 Å². The molecule has 7 nitrogen and oxygen atoms in total. The normalized spacial score (nSPS) is 13.5. The first-order valence-electron chi connectivity index (χ1n) is 8.99. The number of carbonyl (C=O) groups is 2. The second-order valence-corrected chi connectivity index (χ2v) is 6.95. The molecule has 0 atom stereocenters. The van der Waals surface area contributed by atoms with Crippen LogP contribution >= 0.6 is 0 Å². The second kappa shape index (κ2) is 6.06. The van der Waals surface area contributed by atoms with E-state index in [0.717, 1.165) is 23.9 Å². The summed E-state index contributed by atoms with van der Waals surface area (Å²) < 4.78 is 1.63. The number of nitriles is 1. The van der Waals surface area contributed by atoms with Gasteiger partial charge in [-0.25, -0.2) is 4.52 Å². The fraction of sp³-hybridized carbons (Fsp3) is 0.143. The third-order valence-electron chi connectivity index (χ3n) is 4.92. The first-order chi connectivity index (χ1) is 13.6. The van der Waals surface area contributed by atoms with E-state index in [-0.39, 0.29) is 17.7 Å². The van der Waals surface area contributed by atoms with Crippen LogP contribution in [0.15, 0.2) is 48.7 Å². The molecule has 28 heavy (non-hydrogen) atoms. The lowest BCUT2D eigenvalue weighted by Gasteiger charge is -2.02. The third kappa shape index (κ3) is 2.63. The van der Waals surface area contributed by atoms with Crippen molar-refractivity contribution in [1.82, 2.24) is 19.9 Å². The molecule has 2 aromatic heterocycles. The van der Waals surface area contributed by atoms with Gasteiger partial charge in [-0.2, -0.15) is 10.4 Å². The molecule has 1 aliphatic rings. The number of hydrogen-bond donors (Lipinski definition) is 2. The molecule has 7 heteroatoms. The van der Waals surface area contributed by atoms with Crippen molar-refractivity contribution in [3.63, 3.8) is 0 Å². The predicted molar refractivity (Wildman–Crippen MR) is 102 cm³/mol. The second-order valence-electron chi connectivity index (χ2n) is 6.95. The van der Waals surface area contributed by atoms with Crippen LogP contribution < -0.4 is 5.32 Å². The summed E-state index contributed by atoms with van der Waals surface area (Å²) in [5, 5.41) is 16.4. The zero-order valence-electron chi connectivity index (χ0n) is 14.8. The number of benzene rings is 2. The van der Waals surface area contributed by atoms with Gasteiger partial charge >= 0.3 is 0 Å². The zero-order valence-corrected chi connectivity index (χ0v) is 14.8. The molecule has 1 amide bonds. The summed E-state index contributed by atoms with van der Waals surface area (Å²) >= 11 is 0. The standard InChI is InChI=1S/C21H15N5O2/c22-10-12-2-1-3-13(8-12)19(27)16-11-23-26-18-9-14(21(28)24-15-5-6-15)4-7-17(18)25-20(16)26/h1-4,7-9,11,15,25H,5-6H2,(H,24,28). The van der Waals surface area contributed by atoms with Crippen LogP contribution in [0.1, 0.15) is 44.7 Å². The van der Waals surface area contributed by atoms with Crippen molar-refractivity contribution in [1.29, 1.82) is 5.26 Å². The number of nitrogens with one attached hydrogen (secondary N) is 2. The van der Waals surface area contributed by atoms with Crippen molar-refractivity contribution in [3.8, 4) is 6.07 Å². The molecule has 5 rings (SSSR count). The molecule has 0 bridgehead atoms. The van der Waals surface area contributed by atoms with E-state index in [1.165, 1.54) is 6.20 Å². The van der Waals surface area contributed by atoms with Gasteiger partial charge in [-0.1, -0.05) is 12.1 Å². The van der Waals surface area contributed by atoms with E-state index in [9.17, 15) is 9.59 Å². The molecule has 0 spiro atoms. The van der Waals surface area contributed by atoms with Crippen molar-refractivity contribution >= 4 is 28.4 Å². The first kappa shape index (κ1) is 16.3. The van der Waals surface area contributed by atoms with E-state index in [0.29, 0.717) is 27.9 Å². The molecule has 1 aliphatic carbocycles.